The Morgan fingerprint density at radius 2 is 1.43 bits per heavy atom. The fourth-order valence-electron chi connectivity index (χ4n) is 3.27. The van der Waals surface area contributed by atoms with Gasteiger partial charge in [-0.1, -0.05) is 40.7 Å². The number of carboxylic acid groups (broad SMARTS) is 1. The zero-order valence-electron chi connectivity index (χ0n) is 23.1. The molecule has 2 N–H and O–H groups in total. The first-order valence-electron chi connectivity index (χ1n) is 12.6. The predicted molar refractivity (Wildman–Crippen MR) is 136 cm³/mol. The summed E-state index contributed by atoms with van der Waals surface area (Å²) >= 11 is 0. The van der Waals surface area contributed by atoms with Crippen LogP contribution in [-0.4, -0.2) is 47.0 Å². The van der Waals surface area contributed by atoms with Crippen molar-refractivity contribution in [1.29, 1.82) is 0 Å². The van der Waals surface area contributed by atoms with Crippen LogP contribution in [0.4, 0.5) is 4.79 Å². The second-order valence-corrected chi connectivity index (χ2v) is 10.2. The summed E-state index contributed by atoms with van der Waals surface area (Å²) in [7, 11) is 0. The third-order valence-electron chi connectivity index (χ3n) is 5.09. The number of benzene rings is 1. The molecule has 10 nitrogen and oxygen atoms in total. The lowest BCUT2D eigenvalue weighted by Crippen LogP contribution is -2.59. The van der Waals surface area contributed by atoms with Crippen LogP contribution in [0.1, 0.15) is 80.2 Å². The van der Waals surface area contributed by atoms with Gasteiger partial charge in [0.15, 0.2) is 11.5 Å². The largest absolute Gasteiger partial charge is 0.510 e. The molecule has 0 heterocycles. The molecule has 0 radical (unpaired) electrons. The van der Waals surface area contributed by atoms with Gasteiger partial charge < -0.3 is 24.1 Å². The molecule has 10 heteroatoms. The minimum Gasteiger partial charge on any atom is -0.477 e. The van der Waals surface area contributed by atoms with Crippen molar-refractivity contribution in [3.05, 3.63) is 23.8 Å². The minimum absolute atomic E-state index is 0.0300. The van der Waals surface area contributed by atoms with Crippen LogP contribution in [-0.2, 0) is 30.3 Å². The number of carboxylic acids is 1. The zero-order valence-corrected chi connectivity index (χ0v) is 23.1. The van der Waals surface area contributed by atoms with Gasteiger partial charge in [0.05, 0.1) is 6.10 Å². The van der Waals surface area contributed by atoms with Crippen LogP contribution in [0.2, 0.25) is 0 Å². The first-order chi connectivity index (χ1) is 17.2. The third-order valence-corrected chi connectivity index (χ3v) is 5.09. The molecule has 0 aliphatic heterocycles. The van der Waals surface area contributed by atoms with Gasteiger partial charge in [0.1, 0.15) is 0 Å². The van der Waals surface area contributed by atoms with Crippen molar-refractivity contribution >= 4 is 24.1 Å². The van der Waals surface area contributed by atoms with Crippen molar-refractivity contribution < 1.29 is 43.2 Å². The first-order valence-corrected chi connectivity index (χ1v) is 12.6. The molecule has 1 aromatic carbocycles. The third kappa shape index (κ3) is 11.2. The van der Waals surface area contributed by atoms with Gasteiger partial charge in [-0.05, 0) is 56.7 Å². The molecule has 2 atom stereocenters. The van der Waals surface area contributed by atoms with E-state index < -0.39 is 35.9 Å². The van der Waals surface area contributed by atoms with E-state index in [1.807, 2.05) is 34.6 Å². The molecule has 0 amide bonds. The van der Waals surface area contributed by atoms with Crippen molar-refractivity contribution in [2.75, 3.05) is 0 Å². The number of hydrogen-bond acceptors (Lipinski definition) is 9. The van der Waals surface area contributed by atoms with Crippen LogP contribution >= 0.6 is 0 Å². The van der Waals surface area contributed by atoms with E-state index >= 15 is 0 Å². The highest BCUT2D eigenvalue weighted by Crippen LogP contribution is 2.32. The maximum atomic E-state index is 12.4. The topological polar surface area (TPSA) is 137 Å². The van der Waals surface area contributed by atoms with E-state index in [0.717, 1.165) is 0 Å². The predicted octanol–water partition coefficient (Wildman–Crippen LogP) is 4.86. The van der Waals surface area contributed by atoms with Gasteiger partial charge >= 0.3 is 24.1 Å². The molecule has 0 fully saturated rings. The van der Waals surface area contributed by atoms with E-state index in [0.29, 0.717) is 12.0 Å². The lowest BCUT2D eigenvalue weighted by atomic mass is 10.00. The average molecular weight is 524 g/mol. The minimum atomic E-state index is -2.17. The quantitative estimate of drug-likeness (QED) is 0.197. The molecule has 0 aliphatic rings. The molecule has 0 saturated heterocycles. The number of carbonyl (C=O) groups is 4. The highest BCUT2D eigenvalue weighted by molar-refractivity contribution is 5.81. The molecule has 0 bridgehead atoms. The monoisotopic (exact) mass is 523 g/mol. The van der Waals surface area contributed by atoms with Crippen LogP contribution in [0.25, 0.3) is 0 Å². The molecule has 0 spiro atoms. The Bertz CT molecular complexity index is 942. The molecule has 0 aliphatic carbocycles. The fraction of sp³-hybridized carbons (Fsp3) is 0.630. The van der Waals surface area contributed by atoms with Crippen LogP contribution in [0.15, 0.2) is 18.2 Å². The summed E-state index contributed by atoms with van der Waals surface area (Å²) in [5.74, 6) is -2.38. The average Bonchev–Trinajstić information content (AvgIpc) is 2.73. The second-order valence-electron chi connectivity index (χ2n) is 10.2. The van der Waals surface area contributed by atoms with Gasteiger partial charge in [-0.3, -0.25) is 14.9 Å². The Kier molecular flexibility index (Phi) is 12.6. The summed E-state index contributed by atoms with van der Waals surface area (Å²) in [6.45, 7) is 14.3. The van der Waals surface area contributed by atoms with Gasteiger partial charge in [0, 0.05) is 25.3 Å². The van der Waals surface area contributed by atoms with Crippen molar-refractivity contribution in [2.45, 2.75) is 98.9 Å². The summed E-state index contributed by atoms with van der Waals surface area (Å²) in [5, 5.41) is 13.0. The van der Waals surface area contributed by atoms with E-state index in [2.05, 4.69) is 5.32 Å². The zero-order chi connectivity index (χ0) is 28.3. The molecule has 1 unspecified atom stereocenters. The van der Waals surface area contributed by atoms with E-state index in [4.69, 9.17) is 18.9 Å². The summed E-state index contributed by atoms with van der Waals surface area (Å²) in [4.78, 5) is 49.5. The number of hydrogen-bond donors (Lipinski definition) is 2. The molecule has 208 valence electrons. The van der Waals surface area contributed by atoms with Crippen LogP contribution in [0, 0.1) is 11.8 Å². The van der Waals surface area contributed by atoms with Crippen LogP contribution in [0.3, 0.4) is 0 Å². The lowest BCUT2D eigenvalue weighted by Gasteiger charge is -2.32. The number of esters is 2. The Morgan fingerprint density at radius 1 is 0.892 bits per heavy atom. The SMILES string of the molecule is CCC(C)N[C@@](Cc1ccc(OC(=O)CC(C)C)c(OC(=O)CC(C)C)c1)(OC(=O)OC(C)C)C(=O)O. The highest BCUT2D eigenvalue weighted by atomic mass is 16.7. The number of aliphatic carboxylic acids is 1. The number of rotatable bonds is 14. The van der Waals surface area contributed by atoms with Gasteiger partial charge in [-0.25, -0.2) is 9.59 Å². The Labute approximate surface area is 219 Å². The lowest BCUT2D eigenvalue weighted by molar-refractivity contribution is -0.167. The Hall–Kier alpha value is -3.14. The molecular formula is C27H41NO9. The smallest absolute Gasteiger partial charge is 0.477 e. The maximum absolute atomic E-state index is 12.4. The number of carbonyl (C=O) groups excluding carboxylic acids is 3. The van der Waals surface area contributed by atoms with Gasteiger partial charge in [-0.2, -0.15) is 0 Å². The summed E-state index contributed by atoms with van der Waals surface area (Å²) in [5.41, 5.74) is -1.82. The van der Waals surface area contributed by atoms with Crippen molar-refractivity contribution in [3.8, 4) is 11.5 Å². The van der Waals surface area contributed by atoms with Crippen LogP contribution in [0.5, 0.6) is 11.5 Å². The molecule has 1 aromatic rings. The Morgan fingerprint density at radius 3 is 1.89 bits per heavy atom. The van der Waals surface area contributed by atoms with E-state index in [1.54, 1.807) is 20.8 Å². The fourth-order valence-corrected chi connectivity index (χ4v) is 3.27. The van der Waals surface area contributed by atoms with Crippen LogP contribution < -0.4 is 14.8 Å². The molecule has 37 heavy (non-hydrogen) atoms. The molecular weight excluding hydrogens is 482 g/mol. The standard InChI is InChI=1S/C27H41NO9/c1-9-19(8)28-27(25(31)32,37-26(33)34-18(6)7)15-20-10-11-21(35-23(29)12-16(2)3)22(14-20)36-24(30)13-17(4)5/h10-11,14,16-19,28H,9,12-13,15H2,1-8H3,(H,31,32)/t19?,27-/m0/s1. The second kappa shape index (κ2) is 14.6. The summed E-state index contributed by atoms with van der Waals surface area (Å²) < 4.78 is 21.3. The maximum Gasteiger partial charge on any atom is 0.510 e. The van der Waals surface area contributed by atoms with Crippen molar-refractivity contribution in [2.24, 2.45) is 11.8 Å². The highest BCUT2D eigenvalue weighted by Gasteiger charge is 2.45. The molecule has 1 rings (SSSR count). The van der Waals surface area contributed by atoms with Crippen molar-refractivity contribution in [3.63, 3.8) is 0 Å². The van der Waals surface area contributed by atoms with E-state index in [9.17, 15) is 24.3 Å². The van der Waals surface area contributed by atoms with Gasteiger partial charge in [-0.15, -0.1) is 0 Å². The van der Waals surface area contributed by atoms with Gasteiger partial charge in [0.2, 0.25) is 0 Å². The molecule has 0 saturated carbocycles. The summed E-state index contributed by atoms with van der Waals surface area (Å²) in [6.07, 6.45) is -1.14. The number of ether oxygens (including phenoxy) is 4. The van der Waals surface area contributed by atoms with E-state index in [1.165, 1.54) is 18.2 Å². The van der Waals surface area contributed by atoms with Gasteiger partial charge in [0.25, 0.3) is 5.72 Å². The Balaban J connectivity index is 3.45. The summed E-state index contributed by atoms with van der Waals surface area (Å²) in [6, 6.07) is 4.02. The normalized spacial score (nSPS) is 13.7. The molecule has 0 aromatic heterocycles. The number of nitrogens with one attached hydrogen (secondary N) is 1. The first kappa shape index (κ1) is 31.9. The van der Waals surface area contributed by atoms with E-state index in [-0.39, 0.29) is 48.6 Å². The van der Waals surface area contributed by atoms with Crippen molar-refractivity contribution in [1.82, 2.24) is 5.32 Å².